The van der Waals surface area contributed by atoms with Crippen LogP contribution in [0, 0.1) is 0 Å². The van der Waals surface area contributed by atoms with Gasteiger partial charge in [0.2, 0.25) is 0 Å². The van der Waals surface area contributed by atoms with Crippen molar-refractivity contribution in [2.24, 2.45) is 5.90 Å². The van der Waals surface area contributed by atoms with Gasteiger partial charge in [0.25, 0.3) is 0 Å². The van der Waals surface area contributed by atoms with Crippen molar-refractivity contribution < 1.29 is 9.57 Å². The van der Waals surface area contributed by atoms with Gasteiger partial charge < -0.3 is 9.57 Å². The smallest absolute Gasteiger partial charge is 0.119 e. The maximum Gasteiger partial charge on any atom is 0.119 e. The van der Waals surface area contributed by atoms with Crippen LogP contribution in [0.2, 0.25) is 0 Å². The van der Waals surface area contributed by atoms with Gasteiger partial charge in [-0.3, -0.25) is 0 Å². The van der Waals surface area contributed by atoms with Gasteiger partial charge in [-0.1, -0.05) is 19.1 Å². The molecule has 1 aromatic rings. The molecule has 0 saturated carbocycles. The van der Waals surface area contributed by atoms with Gasteiger partial charge in [-0.05, 0) is 24.6 Å². The van der Waals surface area contributed by atoms with Crippen molar-refractivity contribution in [1.29, 1.82) is 0 Å². The van der Waals surface area contributed by atoms with Crippen LogP contribution in [0.4, 0.5) is 0 Å². The fourth-order valence-electron chi connectivity index (χ4n) is 1.30. The molecule has 3 heteroatoms. The molecule has 0 amide bonds. The highest BCUT2D eigenvalue weighted by molar-refractivity contribution is 5.29. The maximum absolute atomic E-state index is 5.34. The molecule has 0 aromatic heterocycles. The first kappa shape index (κ1) is 11.0. The van der Waals surface area contributed by atoms with Gasteiger partial charge in [0, 0.05) is 5.92 Å². The van der Waals surface area contributed by atoms with Crippen LogP contribution in [-0.4, -0.2) is 13.2 Å². The quantitative estimate of drug-likeness (QED) is 0.731. The Morgan fingerprint density at radius 1 is 1.29 bits per heavy atom. The van der Waals surface area contributed by atoms with E-state index in [2.05, 4.69) is 11.8 Å². The second-order valence-corrected chi connectivity index (χ2v) is 3.24. The average molecular weight is 195 g/mol. The molecule has 0 aliphatic rings. The monoisotopic (exact) mass is 195 g/mol. The summed E-state index contributed by atoms with van der Waals surface area (Å²) in [5, 5.41) is 0. The largest absolute Gasteiger partial charge is 0.494 e. The van der Waals surface area contributed by atoms with E-state index in [0.29, 0.717) is 19.1 Å². The van der Waals surface area contributed by atoms with Crippen molar-refractivity contribution in [2.75, 3.05) is 13.2 Å². The third-order valence-electron chi connectivity index (χ3n) is 2.11. The van der Waals surface area contributed by atoms with Gasteiger partial charge in [0.15, 0.2) is 0 Å². The highest BCUT2D eigenvalue weighted by Crippen LogP contribution is 2.19. The number of ether oxygens (including phenoxy) is 1. The minimum atomic E-state index is 0.315. The molecule has 0 fully saturated rings. The topological polar surface area (TPSA) is 44.5 Å². The molecule has 0 bridgehead atoms. The SMILES string of the molecule is CCOc1ccc(C(C)CON)cc1. The standard InChI is InChI=1S/C11H17NO2/c1-3-13-11-6-4-10(5-7-11)9(2)8-14-12/h4-7,9H,3,8,12H2,1-2H3. The first-order valence-electron chi connectivity index (χ1n) is 4.82. The van der Waals surface area contributed by atoms with Gasteiger partial charge in [0.1, 0.15) is 5.75 Å². The third kappa shape index (κ3) is 3.01. The second kappa shape index (κ2) is 5.62. The van der Waals surface area contributed by atoms with Crippen LogP contribution in [0.5, 0.6) is 5.75 Å². The van der Waals surface area contributed by atoms with E-state index in [4.69, 9.17) is 10.6 Å². The minimum absolute atomic E-state index is 0.315. The summed E-state index contributed by atoms with van der Waals surface area (Å²) in [6.07, 6.45) is 0. The van der Waals surface area contributed by atoms with E-state index in [1.54, 1.807) is 0 Å². The Morgan fingerprint density at radius 3 is 2.43 bits per heavy atom. The lowest BCUT2D eigenvalue weighted by atomic mass is 10.0. The predicted octanol–water partition coefficient (Wildman–Crippen LogP) is 2.08. The third-order valence-corrected chi connectivity index (χ3v) is 2.11. The molecule has 0 saturated heterocycles. The van der Waals surface area contributed by atoms with Crippen molar-refractivity contribution in [2.45, 2.75) is 19.8 Å². The predicted molar refractivity (Wildman–Crippen MR) is 56.2 cm³/mol. The summed E-state index contributed by atoms with van der Waals surface area (Å²) in [4.78, 5) is 4.60. The maximum atomic E-state index is 5.34. The lowest BCUT2D eigenvalue weighted by Gasteiger charge is -2.10. The Hall–Kier alpha value is -1.06. The van der Waals surface area contributed by atoms with E-state index in [9.17, 15) is 0 Å². The molecule has 1 aromatic carbocycles. The summed E-state index contributed by atoms with van der Waals surface area (Å²) in [5.74, 6) is 6.24. The van der Waals surface area contributed by atoms with Crippen LogP contribution >= 0.6 is 0 Å². The zero-order valence-corrected chi connectivity index (χ0v) is 8.69. The summed E-state index contributed by atoms with van der Waals surface area (Å²) >= 11 is 0. The van der Waals surface area contributed by atoms with Crippen LogP contribution in [0.15, 0.2) is 24.3 Å². The molecule has 1 atom stereocenters. The van der Waals surface area contributed by atoms with E-state index in [-0.39, 0.29) is 0 Å². The Balaban J connectivity index is 2.62. The summed E-state index contributed by atoms with van der Waals surface area (Å²) in [6.45, 7) is 5.27. The minimum Gasteiger partial charge on any atom is -0.494 e. The number of nitrogens with two attached hydrogens (primary N) is 1. The van der Waals surface area contributed by atoms with Gasteiger partial charge in [-0.15, -0.1) is 0 Å². The molecule has 0 aliphatic carbocycles. The van der Waals surface area contributed by atoms with Crippen molar-refractivity contribution in [3.05, 3.63) is 29.8 Å². The van der Waals surface area contributed by atoms with Crippen LogP contribution < -0.4 is 10.6 Å². The molecule has 2 N–H and O–H groups in total. The zero-order chi connectivity index (χ0) is 10.4. The molecular formula is C11H17NO2. The first-order chi connectivity index (χ1) is 6.77. The molecule has 3 nitrogen and oxygen atoms in total. The second-order valence-electron chi connectivity index (χ2n) is 3.24. The fourth-order valence-corrected chi connectivity index (χ4v) is 1.30. The molecule has 78 valence electrons. The highest BCUT2D eigenvalue weighted by Gasteiger charge is 2.04. The Labute approximate surface area is 84.8 Å². The lowest BCUT2D eigenvalue weighted by molar-refractivity contribution is 0.126. The van der Waals surface area contributed by atoms with Gasteiger partial charge in [0.05, 0.1) is 13.2 Å². The molecule has 0 spiro atoms. The van der Waals surface area contributed by atoms with E-state index >= 15 is 0 Å². The van der Waals surface area contributed by atoms with Crippen molar-refractivity contribution in [3.63, 3.8) is 0 Å². The lowest BCUT2D eigenvalue weighted by Crippen LogP contribution is -2.08. The Morgan fingerprint density at radius 2 is 1.93 bits per heavy atom. The summed E-state index contributed by atoms with van der Waals surface area (Å²) in [5.41, 5.74) is 1.21. The number of hydrogen-bond donors (Lipinski definition) is 1. The Kier molecular flexibility index (Phi) is 4.43. The van der Waals surface area contributed by atoms with Crippen molar-refractivity contribution in [3.8, 4) is 5.75 Å². The molecule has 14 heavy (non-hydrogen) atoms. The normalized spacial score (nSPS) is 12.5. The van der Waals surface area contributed by atoms with Crippen LogP contribution in [-0.2, 0) is 4.84 Å². The van der Waals surface area contributed by atoms with Crippen LogP contribution in [0.1, 0.15) is 25.3 Å². The van der Waals surface area contributed by atoms with Crippen LogP contribution in [0.25, 0.3) is 0 Å². The highest BCUT2D eigenvalue weighted by atomic mass is 16.6. The van der Waals surface area contributed by atoms with E-state index in [1.165, 1.54) is 5.56 Å². The van der Waals surface area contributed by atoms with E-state index < -0.39 is 0 Å². The van der Waals surface area contributed by atoms with E-state index in [1.807, 2.05) is 31.2 Å². The van der Waals surface area contributed by atoms with Crippen molar-refractivity contribution >= 4 is 0 Å². The van der Waals surface area contributed by atoms with Gasteiger partial charge in [-0.25, -0.2) is 5.90 Å². The molecular weight excluding hydrogens is 178 g/mol. The number of hydrogen-bond acceptors (Lipinski definition) is 3. The average Bonchev–Trinajstić information content (AvgIpc) is 2.20. The fraction of sp³-hybridized carbons (Fsp3) is 0.455. The molecule has 0 aliphatic heterocycles. The van der Waals surface area contributed by atoms with Gasteiger partial charge in [-0.2, -0.15) is 0 Å². The Bertz CT molecular complexity index is 258. The number of benzene rings is 1. The number of rotatable bonds is 5. The molecule has 1 unspecified atom stereocenters. The molecule has 0 heterocycles. The summed E-state index contributed by atoms with van der Waals surface area (Å²) in [6, 6.07) is 8.00. The van der Waals surface area contributed by atoms with Gasteiger partial charge >= 0.3 is 0 Å². The summed E-state index contributed by atoms with van der Waals surface area (Å²) in [7, 11) is 0. The molecule has 1 rings (SSSR count). The van der Waals surface area contributed by atoms with Crippen LogP contribution in [0.3, 0.4) is 0 Å². The summed E-state index contributed by atoms with van der Waals surface area (Å²) < 4.78 is 5.34. The zero-order valence-electron chi connectivity index (χ0n) is 8.69. The first-order valence-corrected chi connectivity index (χ1v) is 4.82. The van der Waals surface area contributed by atoms with Crippen molar-refractivity contribution in [1.82, 2.24) is 0 Å². The van der Waals surface area contributed by atoms with E-state index in [0.717, 1.165) is 5.75 Å². The molecule has 0 radical (unpaired) electrons.